The van der Waals surface area contributed by atoms with Crippen LogP contribution in [0.25, 0.3) is 0 Å². The molecular formula is C12H23N3OS. The number of hydrogen-bond acceptors (Lipinski definition) is 3. The number of hydrogen-bond donors (Lipinski definition) is 1. The van der Waals surface area contributed by atoms with Crippen LogP contribution >= 0.6 is 0 Å². The Bertz CT molecular complexity index is 376. The molecule has 2 atom stereocenters. The van der Waals surface area contributed by atoms with Crippen molar-refractivity contribution < 1.29 is 4.21 Å². The Labute approximate surface area is 106 Å². The van der Waals surface area contributed by atoms with Gasteiger partial charge in [-0.3, -0.25) is 4.21 Å². The summed E-state index contributed by atoms with van der Waals surface area (Å²) in [5, 5.41) is 3.33. The van der Waals surface area contributed by atoms with Crippen molar-refractivity contribution in [3.63, 3.8) is 0 Å². The van der Waals surface area contributed by atoms with E-state index in [9.17, 15) is 4.21 Å². The predicted molar refractivity (Wildman–Crippen MR) is 74.0 cm³/mol. The van der Waals surface area contributed by atoms with Crippen molar-refractivity contribution in [2.75, 3.05) is 23.9 Å². The molecule has 0 aliphatic heterocycles. The Morgan fingerprint density at radius 1 is 1.59 bits per heavy atom. The van der Waals surface area contributed by atoms with E-state index in [-0.39, 0.29) is 0 Å². The van der Waals surface area contributed by atoms with Gasteiger partial charge in [-0.2, -0.15) is 0 Å². The lowest BCUT2D eigenvalue weighted by Gasteiger charge is -2.16. The van der Waals surface area contributed by atoms with Crippen LogP contribution in [0.15, 0.2) is 6.20 Å². The molecule has 1 N–H and O–H groups in total. The number of imidazole rings is 1. The second-order valence-corrected chi connectivity index (χ2v) is 6.01. The summed E-state index contributed by atoms with van der Waals surface area (Å²) in [6.45, 7) is 7.21. The van der Waals surface area contributed by atoms with Crippen molar-refractivity contribution in [1.29, 1.82) is 0 Å². The SMILES string of the molecule is CCCNc1nc(C)cn1C(C)CCS(C)=O. The fraction of sp³-hybridized carbons (Fsp3) is 0.750. The molecule has 98 valence electrons. The van der Waals surface area contributed by atoms with E-state index in [1.807, 2.05) is 6.92 Å². The van der Waals surface area contributed by atoms with E-state index >= 15 is 0 Å². The van der Waals surface area contributed by atoms with Crippen molar-refractivity contribution in [3.05, 3.63) is 11.9 Å². The molecule has 1 aromatic heterocycles. The first-order valence-corrected chi connectivity index (χ1v) is 7.86. The number of rotatable bonds is 7. The summed E-state index contributed by atoms with van der Waals surface area (Å²) in [7, 11) is -0.719. The van der Waals surface area contributed by atoms with Gasteiger partial charge in [-0.05, 0) is 26.7 Å². The number of nitrogens with zero attached hydrogens (tertiary/aromatic N) is 2. The van der Waals surface area contributed by atoms with Gasteiger partial charge in [0.25, 0.3) is 0 Å². The zero-order valence-electron chi connectivity index (χ0n) is 11.2. The maximum atomic E-state index is 11.1. The predicted octanol–water partition coefficient (Wildman–Crippen LogP) is 2.34. The summed E-state index contributed by atoms with van der Waals surface area (Å²) in [6, 6.07) is 0.333. The Kier molecular flexibility index (Phi) is 5.68. The molecule has 0 fully saturated rings. The third-order valence-corrected chi connectivity index (χ3v) is 3.49. The van der Waals surface area contributed by atoms with Crippen LogP contribution in [0.1, 0.15) is 38.4 Å². The summed E-state index contributed by atoms with van der Waals surface area (Å²) < 4.78 is 13.3. The molecule has 0 aromatic carbocycles. The minimum atomic E-state index is -0.719. The lowest BCUT2D eigenvalue weighted by molar-refractivity contribution is 0.535. The van der Waals surface area contributed by atoms with Gasteiger partial charge in [0.05, 0.1) is 5.69 Å². The summed E-state index contributed by atoms with van der Waals surface area (Å²) >= 11 is 0. The van der Waals surface area contributed by atoms with Gasteiger partial charge in [-0.15, -0.1) is 0 Å². The van der Waals surface area contributed by atoms with Crippen molar-refractivity contribution in [1.82, 2.24) is 9.55 Å². The van der Waals surface area contributed by atoms with Gasteiger partial charge < -0.3 is 9.88 Å². The molecule has 0 radical (unpaired) electrons. The highest BCUT2D eigenvalue weighted by molar-refractivity contribution is 7.84. The largest absolute Gasteiger partial charge is 0.356 e. The van der Waals surface area contributed by atoms with E-state index in [1.54, 1.807) is 6.26 Å². The van der Waals surface area contributed by atoms with Gasteiger partial charge in [-0.25, -0.2) is 4.98 Å². The number of aryl methyl sites for hydroxylation is 1. The van der Waals surface area contributed by atoms with Gasteiger partial charge in [0, 0.05) is 41.6 Å². The van der Waals surface area contributed by atoms with Gasteiger partial charge in [0.15, 0.2) is 0 Å². The first-order chi connectivity index (χ1) is 8.04. The molecule has 0 aliphatic carbocycles. The first-order valence-electron chi connectivity index (χ1n) is 6.14. The van der Waals surface area contributed by atoms with Gasteiger partial charge in [0.1, 0.15) is 0 Å². The molecule has 0 spiro atoms. The molecule has 0 saturated heterocycles. The molecule has 17 heavy (non-hydrogen) atoms. The second-order valence-electron chi connectivity index (χ2n) is 4.45. The smallest absolute Gasteiger partial charge is 0.203 e. The minimum Gasteiger partial charge on any atom is -0.356 e. The minimum absolute atomic E-state index is 0.333. The van der Waals surface area contributed by atoms with Crippen LogP contribution in [0, 0.1) is 6.92 Å². The molecule has 1 rings (SSSR count). The molecule has 0 aliphatic rings. The van der Waals surface area contributed by atoms with E-state index in [2.05, 4.69) is 34.9 Å². The van der Waals surface area contributed by atoms with Crippen molar-refractivity contribution in [3.8, 4) is 0 Å². The van der Waals surface area contributed by atoms with Crippen LogP contribution in [-0.2, 0) is 10.8 Å². The van der Waals surface area contributed by atoms with Crippen LogP contribution in [0.4, 0.5) is 5.95 Å². The van der Waals surface area contributed by atoms with Crippen LogP contribution in [0.3, 0.4) is 0 Å². The lowest BCUT2D eigenvalue weighted by atomic mass is 10.2. The van der Waals surface area contributed by atoms with E-state index in [1.165, 1.54) is 0 Å². The molecule has 0 bridgehead atoms. The van der Waals surface area contributed by atoms with Crippen molar-refractivity contribution in [2.45, 2.75) is 39.7 Å². The zero-order valence-corrected chi connectivity index (χ0v) is 12.0. The summed E-state index contributed by atoms with van der Waals surface area (Å²) in [4.78, 5) is 4.47. The quantitative estimate of drug-likeness (QED) is 0.815. The van der Waals surface area contributed by atoms with Crippen LogP contribution in [0.2, 0.25) is 0 Å². The highest BCUT2D eigenvalue weighted by atomic mass is 32.2. The Balaban J connectivity index is 2.69. The molecule has 0 saturated carbocycles. The van der Waals surface area contributed by atoms with Gasteiger partial charge in [0.2, 0.25) is 5.95 Å². The Morgan fingerprint density at radius 2 is 2.29 bits per heavy atom. The van der Waals surface area contributed by atoms with Crippen molar-refractivity contribution >= 4 is 16.7 Å². The molecule has 0 amide bonds. The third-order valence-electron chi connectivity index (χ3n) is 2.68. The summed E-state index contributed by atoms with van der Waals surface area (Å²) in [5.41, 5.74) is 1.02. The number of anilines is 1. The average molecular weight is 257 g/mol. The Morgan fingerprint density at radius 3 is 2.88 bits per heavy atom. The molecule has 2 unspecified atom stereocenters. The molecule has 5 heteroatoms. The lowest BCUT2D eigenvalue weighted by Crippen LogP contribution is -2.13. The topological polar surface area (TPSA) is 46.9 Å². The number of nitrogens with one attached hydrogen (secondary N) is 1. The summed E-state index contributed by atoms with van der Waals surface area (Å²) in [5.74, 6) is 1.67. The molecule has 1 heterocycles. The van der Waals surface area contributed by atoms with E-state index in [0.717, 1.165) is 36.8 Å². The van der Waals surface area contributed by atoms with E-state index in [4.69, 9.17) is 0 Å². The zero-order chi connectivity index (χ0) is 12.8. The third kappa shape index (κ3) is 4.50. The van der Waals surface area contributed by atoms with Gasteiger partial charge in [-0.1, -0.05) is 6.92 Å². The normalized spacial score (nSPS) is 14.6. The maximum Gasteiger partial charge on any atom is 0.203 e. The van der Waals surface area contributed by atoms with Crippen LogP contribution in [0.5, 0.6) is 0 Å². The molecule has 4 nitrogen and oxygen atoms in total. The first kappa shape index (κ1) is 14.2. The summed E-state index contributed by atoms with van der Waals surface area (Å²) in [6.07, 6.45) is 5.81. The standard InChI is InChI=1S/C12H23N3OS/c1-5-7-13-12-14-10(2)9-15(12)11(3)6-8-17(4)16/h9,11H,5-8H2,1-4H3,(H,13,14). The van der Waals surface area contributed by atoms with Crippen LogP contribution in [-0.4, -0.2) is 32.3 Å². The highest BCUT2D eigenvalue weighted by Gasteiger charge is 2.11. The van der Waals surface area contributed by atoms with Crippen molar-refractivity contribution in [2.24, 2.45) is 0 Å². The Hall–Kier alpha value is -0.840. The number of aromatic nitrogens is 2. The monoisotopic (exact) mass is 257 g/mol. The van der Waals surface area contributed by atoms with E-state index in [0.29, 0.717) is 6.04 Å². The highest BCUT2D eigenvalue weighted by Crippen LogP contribution is 2.18. The molecular weight excluding hydrogens is 234 g/mol. The molecule has 1 aromatic rings. The second kappa shape index (κ2) is 6.79. The fourth-order valence-electron chi connectivity index (χ4n) is 1.70. The van der Waals surface area contributed by atoms with E-state index < -0.39 is 10.8 Å². The fourth-order valence-corrected chi connectivity index (χ4v) is 2.37. The van der Waals surface area contributed by atoms with Crippen LogP contribution < -0.4 is 5.32 Å². The average Bonchev–Trinajstić information content (AvgIpc) is 2.64. The maximum absolute atomic E-state index is 11.1. The van der Waals surface area contributed by atoms with Gasteiger partial charge >= 0.3 is 0 Å².